The van der Waals surface area contributed by atoms with Gasteiger partial charge in [0.15, 0.2) is 0 Å². The van der Waals surface area contributed by atoms with Crippen LogP contribution in [0.2, 0.25) is 0 Å². The summed E-state index contributed by atoms with van der Waals surface area (Å²) in [6.45, 7) is 1.78. The van der Waals surface area contributed by atoms with Crippen LogP contribution in [-0.4, -0.2) is 25.7 Å². The fraction of sp³-hybridized carbons (Fsp3) is 0.167. The van der Waals surface area contributed by atoms with Crippen molar-refractivity contribution in [2.24, 2.45) is 7.05 Å². The Balaban J connectivity index is 1.43. The minimum Gasteiger partial charge on any atom is -0.457 e. The van der Waals surface area contributed by atoms with E-state index in [4.69, 9.17) is 4.74 Å². The number of carbonyl (C=O) groups is 1. The summed E-state index contributed by atoms with van der Waals surface area (Å²) in [4.78, 5) is 20.4. The topological polar surface area (TPSA) is 94.0 Å². The molecule has 3 heterocycles. The van der Waals surface area contributed by atoms with Gasteiger partial charge < -0.3 is 15.4 Å². The Kier molecular flexibility index (Phi) is 6.67. The highest BCUT2D eigenvalue weighted by atomic mass is 19.4. The van der Waals surface area contributed by atoms with Crippen LogP contribution in [0.3, 0.4) is 0 Å². The van der Waals surface area contributed by atoms with Gasteiger partial charge in [0.25, 0.3) is 5.91 Å². The van der Waals surface area contributed by atoms with Gasteiger partial charge in [-0.05, 0) is 36.8 Å². The summed E-state index contributed by atoms with van der Waals surface area (Å²) in [5, 5.41) is 9.94. The van der Waals surface area contributed by atoms with Gasteiger partial charge in [0, 0.05) is 49.2 Å². The minimum absolute atomic E-state index is 0.0297. The molecule has 3 aromatic heterocycles. The molecule has 0 fully saturated rings. The van der Waals surface area contributed by atoms with E-state index in [-0.39, 0.29) is 12.5 Å². The van der Waals surface area contributed by atoms with Gasteiger partial charge in [-0.15, -0.1) is 0 Å². The molecule has 11 heteroatoms. The number of aromatic nitrogens is 4. The summed E-state index contributed by atoms with van der Waals surface area (Å²) in [7, 11) is 1.80. The smallest absolute Gasteiger partial charge is 0.433 e. The first-order valence-electron chi connectivity index (χ1n) is 10.5. The zero-order valence-corrected chi connectivity index (χ0v) is 18.8. The molecule has 0 saturated heterocycles. The fourth-order valence-electron chi connectivity index (χ4n) is 3.24. The van der Waals surface area contributed by atoms with Gasteiger partial charge in [-0.25, -0.2) is 4.98 Å². The molecule has 0 unspecified atom stereocenters. The molecule has 0 aliphatic carbocycles. The van der Waals surface area contributed by atoms with Gasteiger partial charge in [0.2, 0.25) is 0 Å². The summed E-state index contributed by atoms with van der Waals surface area (Å²) in [5.74, 6) is 1.92. The molecule has 0 saturated carbocycles. The third kappa shape index (κ3) is 5.75. The maximum absolute atomic E-state index is 12.7. The molecule has 1 aromatic carbocycles. The van der Waals surface area contributed by atoms with Crippen molar-refractivity contribution >= 4 is 17.5 Å². The Bertz CT molecular complexity index is 1340. The van der Waals surface area contributed by atoms with E-state index in [2.05, 4.69) is 25.7 Å². The maximum atomic E-state index is 12.7. The molecule has 35 heavy (non-hydrogen) atoms. The first-order valence-corrected chi connectivity index (χ1v) is 10.5. The number of hydrogen-bond donors (Lipinski definition) is 2. The highest BCUT2D eigenvalue weighted by Gasteiger charge is 2.32. The predicted octanol–water partition coefficient (Wildman–Crippen LogP) is 5.00. The van der Waals surface area contributed by atoms with Crippen molar-refractivity contribution in [1.82, 2.24) is 25.1 Å². The quantitative estimate of drug-likeness (QED) is 0.385. The van der Waals surface area contributed by atoms with Crippen LogP contribution >= 0.6 is 0 Å². The highest BCUT2D eigenvalue weighted by molar-refractivity contribution is 5.96. The molecule has 0 radical (unpaired) electrons. The first-order chi connectivity index (χ1) is 16.7. The molecule has 8 nitrogen and oxygen atoms in total. The lowest BCUT2D eigenvalue weighted by Crippen LogP contribution is -2.24. The number of halogens is 3. The van der Waals surface area contributed by atoms with Crippen molar-refractivity contribution < 1.29 is 22.7 Å². The van der Waals surface area contributed by atoms with Crippen LogP contribution in [0.5, 0.6) is 11.5 Å². The molecule has 4 aromatic rings. The number of hydrogen-bond acceptors (Lipinski definition) is 6. The van der Waals surface area contributed by atoms with Crippen molar-refractivity contribution in [3.8, 4) is 11.5 Å². The van der Waals surface area contributed by atoms with E-state index in [9.17, 15) is 18.0 Å². The Labute approximate surface area is 198 Å². The van der Waals surface area contributed by atoms with Crippen molar-refractivity contribution in [2.45, 2.75) is 19.6 Å². The third-order valence-corrected chi connectivity index (χ3v) is 5.13. The van der Waals surface area contributed by atoms with Crippen molar-refractivity contribution in [2.75, 3.05) is 5.32 Å². The molecule has 180 valence electrons. The SMILES string of the molecule is Cc1c(Oc2ccnc(Nc3ccnn3C)c2)cccc1C(=O)NCc1ccc(C(F)(F)F)nc1. The van der Waals surface area contributed by atoms with E-state index >= 15 is 0 Å². The van der Waals surface area contributed by atoms with E-state index in [1.54, 1.807) is 61.4 Å². The lowest BCUT2D eigenvalue weighted by atomic mass is 10.1. The van der Waals surface area contributed by atoms with Gasteiger partial charge in [-0.1, -0.05) is 12.1 Å². The molecule has 2 N–H and O–H groups in total. The normalized spacial score (nSPS) is 11.2. The first kappa shape index (κ1) is 23.7. The number of anilines is 2. The number of aryl methyl sites for hydroxylation is 1. The summed E-state index contributed by atoms with van der Waals surface area (Å²) in [6.07, 6.45) is -0.158. The molecule has 0 bridgehead atoms. The summed E-state index contributed by atoms with van der Waals surface area (Å²) in [6, 6.07) is 12.4. The van der Waals surface area contributed by atoms with Gasteiger partial charge in [-0.2, -0.15) is 18.3 Å². The number of alkyl halides is 3. The van der Waals surface area contributed by atoms with Crippen LogP contribution in [-0.2, 0) is 19.8 Å². The van der Waals surface area contributed by atoms with Crippen LogP contribution in [0.1, 0.15) is 27.2 Å². The molecule has 0 aliphatic rings. The molecule has 0 spiro atoms. The maximum Gasteiger partial charge on any atom is 0.433 e. The minimum atomic E-state index is -4.51. The number of pyridine rings is 2. The van der Waals surface area contributed by atoms with E-state index < -0.39 is 11.9 Å². The summed E-state index contributed by atoms with van der Waals surface area (Å²) < 4.78 is 45.7. The Morgan fingerprint density at radius 1 is 1.09 bits per heavy atom. The number of ether oxygens (including phenoxy) is 1. The average molecular weight is 482 g/mol. The molecule has 4 rings (SSSR count). The fourth-order valence-corrected chi connectivity index (χ4v) is 3.24. The standard InChI is InChI=1S/C24H21F3N6O2/c1-15-18(23(34)30-14-16-6-7-20(29-13-16)24(25,26)27)4-3-5-19(15)35-17-8-10-28-21(12-17)32-22-9-11-31-33(22)2/h3-13H,14H2,1-2H3,(H,28,32)(H,30,34). The van der Waals surface area contributed by atoms with Crippen molar-refractivity contribution in [3.63, 3.8) is 0 Å². The number of nitrogens with one attached hydrogen (secondary N) is 2. The van der Waals surface area contributed by atoms with E-state index in [1.165, 1.54) is 6.07 Å². The molecule has 0 aliphatic heterocycles. The number of rotatable bonds is 7. The number of nitrogens with zero attached hydrogens (tertiary/aromatic N) is 4. The monoisotopic (exact) mass is 482 g/mol. The predicted molar refractivity (Wildman–Crippen MR) is 122 cm³/mol. The molecular weight excluding hydrogens is 461 g/mol. The second-order valence-electron chi connectivity index (χ2n) is 7.60. The van der Waals surface area contributed by atoms with Crippen LogP contribution in [0.25, 0.3) is 0 Å². The third-order valence-electron chi connectivity index (χ3n) is 5.13. The summed E-state index contributed by atoms with van der Waals surface area (Å²) >= 11 is 0. The second kappa shape index (κ2) is 9.84. The Morgan fingerprint density at radius 2 is 1.91 bits per heavy atom. The van der Waals surface area contributed by atoms with Crippen LogP contribution in [0.15, 0.2) is 67.1 Å². The summed E-state index contributed by atoms with van der Waals surface area (Å²) in [5.41, 5.74) is 0.447. The van der Waals surface area contributed by atoms with Gasteiger partial charge in [0.1, 0.15) is 28.8 Å². The van der Waals surface area contributed by atoms with Crippen LogP contribution in [0.4, 0.5) is 24.8 Å². The van der Waals surface area contributed by atoms with E-state index in [1.807, 2.05) is 6.07 Å². The molecule has 1 amide bonds. The van der Waals surface area contributed by atoms with E-state index in [0.717, 1.165) is 18.1 Å². The number of amides is 1. The number of benzene rings is 1. The Morgan fingerprint density at radius 3 is 2.60 bits per heavy atom. The second-order valence-corrected chi connectivity index (χ2v) is 7.60. The zero-order chi connectivity index (χ0) is 25.0. The Hall–Kier alpha value is -4.41. The van der Waals surface area contributed by atoms with Gasteiger partial charge in [-0.3, -0.25) is 14.5 Å². The lowest BCUT2D eigenvalue weighted by molar-refractivity contribution is -0.141. The zero-order valence-electron chi connectivity index (χ0n) is 18.8. The molecule has 0 atom stereocenters. The lowest BCUT2D eigenvalue weighted by Gasteiger charge is -2.14. The number of carbonyl (C=O) groups excluding carboxylic acids is 1. The van der Waals surface area contributed by atoms with Crippen LogP contribution < -0.4 is 15.4 Å². The molecular formula is C24H21F3N6O2. The average Bonchev–Trinajstić information content (AvgIpc) is 3.23. The van der Waals surface area contributed by atoms with Crippen molar-refractivity contribution in [1.29, 1.82) is 0 Å². The van der Waals surface area contributed by atoms with Gasteiger partial charge >= 0.3 is 6.18 Å². The van der Waals surface area contributed by atoms with E-state index in [0.29, 0.717) is 34.0 Å². The highest BCUT2D eigenvalue weighted by Crippen LogP contribution is 2.29. The van der Waals surface area contributed by atoms with Gasteiger partial charge in [0.05, 0.1) is 6.20 Å². The van der Waals surface area contributed by atoms with Crippen LogP contribution in [0, 0.1) is 6.92 Å². The largest absolute Gasteiger partial charge is 0.457 e. The van der Waals surface area contributed by atoms with Crippen molar-refractivity contribution in [3.05, 3.63) is 89.5 Å².